The summed E-state index contributed by atoms with van der Waals surface area (Å²) >= 11 is 0. The molecule has 5 nitrogen and oxygen atoms in total. The summed E-state index contributed by atoms with van der Waals surface area (Å²) in [6.45, 7) is 8.51. The maximum Gasteiger partial charge on any atom is 0.191 e. The first-order chi connectivity index (χ1) is 12.6. The molecule has 1 heterocycles. The van der Waals surface area contributed by atoms with Crippen LogP contribution in [0, 0.1) is 5.82 Å². The lowest BCUT2D eigenvalue weighted by molar-refractivity contribution is 0.181. The van der Waals surface area contributed by atoms with Crippen LogP contribution >= 0.6 is 0 Å². The molecule has 3 N–H and O–H groups in total. The molecule has 0 radical (unpaired) electrons. The Morgan fingerprint density at radius 1 is 1.31 bits per heavy atom. The maximum atomic E-state index is 13.8. The Balaban J connectivity index is 1.86. The summed E-state index contributed by atoms with van der Waals surface area (Å²) in [5.41, 5.74) is 0.288. The van der Waals surface area contributed by atoms with Crippen molar-refractivity contribution >= 4 is 5.96 Å². The third-order valence-corrected chi connectivity index (χ3v) is 4.79. The second kappa shape index (κ2) is 11.1. The quantitative estimate of drug-likeness (QED) is 0.490. The monoisotopic (exact) mass is 364 g/mol. The molecular weight excluding hydrogens is 331 g/mol. The molecule has 1 saturated heterocycles. The zero-order chi connectivity index (χ0) is 18.8. The second-order valence-electron chi connectivity index (χ2n) is 6.87. The number of unbranched alkanes of at least 4 members (excludes halogenated alkanes) is 1. The summed E-state index contributed by atoms with van der Waals surface area (Å²) in [7, 11) is 0. The van der Waals surface area contributed by atoms with Crippen LogP contribution in [-0.2, 0) is 0 Å². The van der Waals surface area contributed by atoms with Crippen LogP contribution in [0.25, 0.3) is 0 Å². The number of piperidine rings is 1. The van der Waals surface area contributed by atoms with Crippen LogP contribution in [-0.4, -0.2) is 54.7 Å². The molecule has 1 aliphatic rings. The Bertz CT molecular complexity index is 558. The fourth-order valence-corrected chi connectivity index (χ4v) is 3.22. The number of nitrogens with zero attached hydrogens (tertiary/aromatic N) is 2. The number of aliphatic hydroxyl groups excluding tert-OH is 1. The molecule has 0 amide bonds. The van der Waals surface area contributed by atoms with Crippen molar-refractivity contribution in [2.24, 2.45) is 4.99 Å². The zero-order valence-corrected chi connectivity index (χ0v) is 16.0. The van der Waals surface area contributed by atoms with Gasteiger partial charge < -0.3 is 20.6 Å². The lowest BCUT2D eigenvalue weighted by atomic mass is 10.0. The van der Waals surface area contributed by atoms with Crippen molar-refractivity contribution in [3.63, 3.8) is 0 Å². The molecule has 6 heteroatoms. The van der Waals surface area contributed by atoms with Gasteiger partial charge in [-0.3, -0.25) is 4.99 Å². The topological polar surface area (TPSA) is 59.9 Å². The number of hydrogen-bond donors (Lipinski definition) is 3. The normalized spacial score (nSPS) is 17.9. The third kappa shape index (κ3) is 6.57. The van der Waals surface area contributed by atoms with E-state index in [0.29, 0.717) is 12.0 Å². The van der Waals surface area contributed by atoms with Crippen LogP contribution in [0.15, 0.2) is 29.3 Å². The molecule has 0 spiro atoms. The Kier molecular flexibility index (Phi) is 8.85. The van der Waals surface area contributed by atoms with Gasteiger partial charge in [-0.25, -0.2) is 4.39 Å². The van der Waals surface area contributed by atoms with E-state index >= 15 is 0 Å². The van der Waals surface area contributed by atoms with Crippen LogP contribution < -0.4 is 10.6 Å². The molecular formula is C20H33FN4O. The summed E-state index contributed by atoms with van der Waals surface area (Å²) in [5, 5.41) is 16.9. The van der Waals surface area contributed by atoms with Gasteiger partial charge in [0.25, 0.3) is 0 Å². The number of aliphatic imine (C=N–C) groups is 1. The highest BCUT2D eigenvalue weighted by Gasteiger charge is 2.20. The number of nitrogens with one attached hydrogen (secondary N) is 2. The minimum atomic E-state index is -0.942. The van der Waals surface area contributed by atoms with Gasteiger partial charge in [-0.2, -0.15) is 0 Å². The van der Waals surface area contributed by atoms with Crippen molar-refractivity contribution in [2.45, 2.75) is 51.7 Å². The molecule has 1 fully saturated rings. The molecule has 1 unspecified atom stereocenters. The summed E-state index contributed by atoms with van der Waals surface area (Å²) in [6.07, 6.45) is 3.73. The van der Waals surface area contributed by atoms with Crippen LogP contribution in [0.5, 0.6) is 0 Å². The van der Waals surface area contributed by atoms with Gasteiger partial charge in [0.1, 0.15) is 11.9 Å². The number of rotatable bonds is 8. The lowest BCUT2D eigenvalue weighted by Crippen LogP contribution is -2.48. The fourth-order valence-electron chi connectivity index (χ4n) is 3.22. The maximum absolute atomic E-state index is 13.8. The van der Waals surface area contributed by atoms with E-state index in [0.717, 1.165) is 32.5 Å². The van der Waals surface area contributed by atoms with Crippen LogP contribution in [0.2, 0.25) is 0 Å². The van der Waals surface area contributed by atoms with Crippen LogP contribution in [0.1, 0.15) is 51.2 Å². The fraction of sp³-hybridized carbons (Fsp3) is 0.650. The van der Waals surface area contributed by atoms with E-state index in [-0.39, 0.29) is 12.1 Å². The Hall–Kier alpha value is -1.66. The number of halogens is 1. The van der Waals surface area contributed by atoms with E-state index in [2.05, 4.69) is 27.4 Å². The number of hydrogen-bond acceptors (Lipinski definition) is 3. The third-order valence-electron chi connectivity index (χ3n) is 4.79. The van der Waals surface area contributed by atoms with Crippen molar-refractivity contribution in [3.8, 4) is 0 Å². The zero-order valence-electron chi connectivity index (χ0n) is 16.0. The smallest absolute Gasteiger partial charge is 0.191 e. The highest BCUT2D eigenvalue weighted by atomic mass is 19.1. The van der Waals surface area contributed by atoms with E-state index in [1.54, 1.807) is 18.2 Å². The second-order valence-corrected chi connectivity index (χ2v) is 6.87. The van der Waals surface area contributed by atoms with E-state index in [4.69, 9.17) is 0 Å². The highest BCUT2D eigenvalue weighted by molar-refractivity contribution is 5.80. The molecule has 1 aromatic rings. The molecule has 1 aliphatic heterocycles. The van der Waals surface area contributed by atoms with Crippen LogP contribution in [0.4, 0.5) is 4.39 Å². The summed E-state index contributed by atoms with van der Waals surface area (Å²) in [6, 6.07) is 6.69. The molecule has 26 heavy (non-hydrogen) atoms. The Morgan fingerprint density at radius 3 is 2.69 bits per heavy atom. The van der Waals surface area contributed by atoms with Gasteiger partial charge in [0, 0.05) is 31.2 Å². The molecule has 1 aromatic carbocycles. The highest BCUT2D eigenvalue weighted by Crippen LogP contribution is 2.17. The number of likely N-dealkylation sites (tertiary alicyclic amines) is 1. The van der Waals surface area contributed by atoms with Crippen molar-refractivity contribution < 1.29 is 9.50 Å². The van der Waals surface area contributed by atoms with E-state index in [1.165, 1.54) is 25.5 Å². The van der Waals surface area contributed by atoms with E-state index in [1.807, 2.05) is 6.92 Å². The van der Waals surface area contributed by atoms with Crippen molar-refractivity contribution in [1.82, 2.24) is 15.5 Å². The molecule has 2 rings (SSSR count). The van der Waals surface area contributed by atoms with Gasteiger partial charge in [-0.15, -0.1) is 0 Å². The summed E-state index contributed by atoms with van der Waals surface area (Å²) in [4.78, 5) is 6.98. The first kappa shape index (κ1) is 20.6. The van der Waals surface area contributed by atoms with Gasteiger partial charge >= 0.3 is 0 Å². The predicted octanol–water partition coefficient (Wildman–Crippen LogP) is 2.68. The van der Waals surface area contributed by atoms with Crippen LogP contribution in [0.3, 0.4) is 0 Å². The standard InChI is InChI=1S/C20H33FN4O/c1-3-5-12-25-13-10-16(11-14-25)24-20(22-4-2)23-15-19(26)17-8-6-7-9-18(17)21/h6-9,16,19,26H,3-5,10-15H2,1-2H3,(H2,22,23,24). The van der Waals surface area contributed by atoms with Gasteiger partial charge in [0.05, 0.1) is 6.54 Å². The van der Waals surface area contributed by atoms with Gasteiger partial charge in [0.2, 0.25) is 0 Å². The minimum Gasteiger partial charge on any atom is -0.386 e. The average Bonchev–Trinajstić information content (AvgIpc) is 2.66. The first-order valence-corrected chi connectivity index (χ1v) is 9.83. The number of benzene rings is 1. The molecule has 146 valence electrons. The lowest BCUT2D eigenvalue weighted by Gasteiger charge is -2.33. The number of guanidine groups is 1. The van der Waals surface area contributed by atoms with Gasteiger partial charge in [-0.1, -0.05) is 31.5 Å². The molecule has 0 bridgehead atoms. The largest absolute Gasteiger partial charge is 0.386 e. The molecule has 1 atom stereocenters. The van der Waals surface area contributed by atoms with E-state index in [9.17, 15) is 9.50 Å². The molecule has 0 saturated carbocycles. The average molecular weight is 365 g/mol. The number of aliphatic hydroxyl groups is 1. The van der Waals surface area contributed by atoms with E-state index < -0.39 is 11.9 Å². The summed E-state index contributed by atoms with van der Waals surface area (Å²) in [5.74, 6) is 0.294. The Morgan fingerprint density at radius 2 is 2.04 bits per heavy atom. The van der Waals surface area contributed by atoms with Gasteiger partial charge in [-0.05, 0) is 38.8 Å². The minimum absolute atomic E-state index is 0.131. The van der Waals surface area contributed by atoms with Crippen molar-refractivity contribution in [1.29, 1.82) is 0 Å². The Labute approximate surface area is 156 Å². The SMILES string of the molecule is CCCCN1CCC(NC(=NCC(O)c2ccccc2F)NCC)CC1. The molecule has 0 aromatic heterocycles. The van der Waals surface area contributed by atoms with Crippen molar-refractivity contribution in [2.75, 3.05) is 32.7 Å². The predicted molar refractivity (Wildman–Crippen MR) is 105 cm³/mol. The van der Waals surface area contributed by atoms with Gasteiger partial charge in [0.15, 0.2) is 5.96 Å². The van der Waals surface area contributed by atoms with Crippen molar-refractivity contribution in [3.05, 3.63) is 35.6 Å². The summed E-state index contributed by atoms with van der Waals surface area (Å²) < 4.78 is 13.8. The first-order valence-electron chi connectivity index (χ1n) is 9.83. The molecule has 0 aliphatic carbocycles.